The molecule has 4 heteroatoms. The summed E-state index contributed by atoms with van der Waals surface area (Å²) < 4.78 is 0. The molecular formula is C11H14Cl3N. The summed E-state index contributed by atoms with van der Waals surface area (Å²) in [4.78, 5) is 0. The molecule has 0 amide bonds. The summed E-state index contributed by atoms with van der Waals surface area (Å²) in [5.74, 6) is 0. The minimum atomic E-state index is -0.136. The van der Waals surface area contributed by atoms with Crippen molar-refractivity contribution in [3.63, 3.8) is 0 Å². The SMILES string of the molecule is CCCC[C@@H](N)c1c(Cl)ccc(Cl)c1Cl. The van der Waals surface area contributed by atoms with Gasteiger partial charge in [-0.25, -0.2) is 0 Å². The lowest BCUT2D eigenvalue weighted by Gasteiger charge is -2.15. The molecule has 1 atom stereocenters. The van der Waals surface area contributed by atoms with Gasteiger partial charge in [-0.15, -0.1) is 0 Å². The van der Waals surface area contributed by atoms with Crippen molar-refractivity contribution in [2.75, 3.05) is 0 Å². The van der Waals surface area contributed by atoms with Gasteiger partial charge in [0.1, 0.15) is 0 Å². The highest BCUT2D eigenvalue weighted by Gasteiger charge is 2.15. The van der Waals surface area contributed by atoms with Crippen LogP contribution in [-0.2, 0) is 0 Å². The Morgan fingerprint density at radius 3 is 2.40 bits per heavy atom. The van der Waals surface area contributed by atoms with Gasteiger partial charge >= 0.3 is 0 Å². The fourth-order valence-electron chi connectivity index (χ4n) is 1.45. The average Bonchev–Trinajstić information content (AvgIpc) is 2.21. The van der Waals surface area contributed by atoms with Gasteiger partial charge in [0.15, 0.2) is 0 Å². The van der Waals surface area contributed by atoms with Crippen LogP contribution in [0.5, 0.6) is 0 Å². The Labute approximate surface area is 106 Å². The summed E-state index contributed by atoms with van der Waals surface area (Å²) in [5.41, 5.74) is 6.79. The Hall–Kier alpha value is 0.0500. The molecule has 0 saturated carbocycles. The Morgan fingerprint density at radius 2 is 1.80 bits per heavy atom. The summed E-state index contributed by atoms with van der Waals surface area (Å²) >= 11 is 18.0. The number of benzene rings is 1. The highest BCUT2D eigenvalue weighted by Crippen LogP contribution is 2.36. The van der Waals surface area contributed by atoms with Crippen molar-refractivity contribution in [3.8, 4) is 0 Å². The highest BCUT2D eigenvalue weighted by molar-refractivity contribution is 6.44. The molecule has 1 aromatic carbocycles. The van der Waals surface area contributed by atoms with Gasteiger partial charge in [-0.1, -0.05) is 54.6 Å². The lowest BCUT2D eigenvalue weighted by Crippen LogP contribution is -2.11. The van der Waals surface area contributed by atoms with Crippen molar-refractivity contribution in [1.82, 2.24) is 0 Å². The topological polar surface area (TPSA) is 26.0 Å². The molecule has 0 unspecified atom stereocenters. The van der Waals surface area contributed by atoms with Crippen LogP contribution in [0.4, 0.5) is 0 Å². The van der Waals surface area contributed by atoms with Crippen molar-refractivity contribution in [2.24, 2.45) is 5.73 Å². The van der Waals surface area contributed by atoms with E-state index in [0.29, 0.717) is 15.1 Å². The first-order valence-corrected chi connectivity index (χ1v) is 6.10. The summed E-state index contributed by atoms with van der Waals surface area (Å²) in [6, 6.07) is 3.28. The van der Waals surface area contributed by atoms with Crippen LogP contribution in [-0.4, -0.2) is 0 Å². The fourth-order valence-corrected chi connectivity index (χ4v) is 2.27. The van der Waals surface area contributed by atoms with E-state index in [-0.39, 0.29) is 6.04 Å². The Balaban J connectivity index is 2.96. The molecule has 0 aliphatic heterocycles. The van der Waals surface area contributed by atoms with E-state index in [9.17, 15) is 0 Å². The number of rotatable bonds is 4. The molecule has 0 aromatic heterocycles. The zero-order valence-electron chi connectivity index (χ0n) is 8.56. The maximum absolute atomic E-state index is 6.08. The zero-order valence-corrected chi connectivity index (χ0v) is 10.8. The second kappa shape index (κ2) is 5.95. The van der Waals surface area contributed by atoms with Gasteiger partial charge in [-0.2, -0.15) is 0 Å². The van der Waals surface area contributed by atoms with Crippen LogP contribution in [0.15, 0.2) is 12.1 Å². The maximum atomic E-state index is 6.08. The summed E-state index contributed by atoms with van der Waals surface area (Å²) in [5, 5.41) is 1.57. The monoisotopic (exact) mass is 265 g/mol. The third-order valence-corrected chi connectivity index (χ3v) is 3.47. The molecule has 2 N–H and O–H groups in total. The van der Waals surface area contributed by atoms with Gasteiger partial charge in [-0.05, 0) is 18.6 Å². The van der Waals surface area contributed by atoms with E-state index in [1.807, 2.05) is 0 Å². The third kappa shape index (κ3) is 3.25. The van der Waals surface area contributed by atoms with Crippen LogP contribution in [0.2, 0.25) is 15.1 Å². The van der Waals surface area contributed by atoms with E-state index in [1.54, 1.807) is 12.1 Å². The van der Waals surface area contributed by atoms with Crippen LogP contribution < -0.4 is 5.73 Å². The van der Waals surface area contributed by atoms with Crippen molar-refractivity contribution in [3.05, 3.63) is 32.8 Å². The van der Waals surface area contributed by atoms with Gasteiger partial charge in [0.2, 0.25) is 0 Å². The minimum absolute atomic E-state index is 0.136. The van der Waals surface area contributed by atoms with Crippen LogP contribution in [0.25, 0.3) is 0 Å². The van der Waals surface area contributed by atoms with Crippen molar-refractivity contribution in [2.45, 2.75) is 32.2 Å². The summed E-state index contributed by atoms with van der Waals surface area (Å²) in [6.45, 7) is 2.12. The number of halogens is 3. The predicted octanol–water partition coefficient (Wildman–Crippen LogP) is 4.84. The van der Waals surface area contributed by atoms with Crippen molar-refractivity contribution < 1.29 is 0 Å². The van der Waals surface area contributed by atoms with Crippen LogP contribution in [0.1, 0.15) is 37.8 Å². The van der Waals surface area contributed by atoms with E-state index in [2.05, 4.69) is 6.92 Å². The van der Waals surface area contributed by atoms with Gasteiger partial charge in [0.05, 0.1) is 10.0 Å². The normalized spacial score (nSPS) is 12.9. The molecule has 0 spiro atoms. The highest BCUT2D eigenvalue weighted by atomic mass is 35.5. The predicted molar refractivity (Wildman–Crippen MR) is 67.9 cm³/mol. The van der Waals surface area contributed by atoms with E-state index in [0.717, 1.165) is 24.8 Å². The molecule has 84 valence electrons. The Morgan fingerprint density at radius 1 is 1.20 bits per heavy atom. The summed E-state index contributed by atoms with van der Waals surface area (Å²) in [7, 11) is 0. The number of nitrogens with two attached hydrogens (primary N) is 1. The Bertz CT molecular complexity index is 339. The fraction of sp³-hybridized carbons (Fsp3) is 0.455. The molecule has 0 radical (unpaired) electrons. The molecule has 0 aliphatic rings. The van der Waals surface area contributed by atoms with Crippen LogP contribution >= 0.6 is 34.8 Å². The lowest BCUT2D eigenvalue weighted by atomic mass is 10.0. The Kier molecular flexibility index (Phi) is 5.20. The molecule has 0 saturated heterocycles. The zero-order chi connectivity index (χ0) is 11.4. The van der Waals surface area contributed by atoms with E-state index in [1.165, 1.54) is 0 Å². The standard InChI is InChI=1S/C11H14Cl3N/c1-2-3-4-9(15)10-7(12)5-6-8(13)11(10)14/h5-6,9H,2-4,15H2,1H3/t9-/m1/s1. The molecule has 0 aliphatic carbocycles. The van der Waals surface area contributed by atoms with Crippen LogP contribution in [0, 0.1) is 0 Å². The van der Waals surface area contributed by atoms with Gasteiger partial charge in [-0.3, -0.25) is 0 Å². The first kappa shape index (κ1) is 13.1. The lowest BCUT2D eigenvalue weighted by molar-refractivity contribution is 0.604. The molecule has 1 aromatic rings. The first-order valence-electron chi connectivity index (χ1n) is 4.96. The molecule has 0 heterocycles. The second-order valence-corrected chi connectivity index (χ2v) is 4.70. The van der Waals surface area contributed by atoms with Crippen molar-refractivity contribution >= 4 is 34.8 Å². The molecule has 15 heavy (non-hydrogen) atoms. The van der Waals surface area contributed by atoms with E-state index in [4.69, 9.17) is 40.5 Å². The maximum Gasteiger partial charge on any atom is 0.0654 e. The average molecular weight is 267 g/mol. The molecule has 1 nitrogen and oxygen atoms in total. The second-order valence-electron chi connectivity index (χ2n) is 3.51. The molecule has 0 fully saturated rings. The van der Waals surface area contributed by atoms with Gasteiger partial charge < -0.3 is 5.73 Å². The van der Waals surface area contributed by atoms with Crippen LogP contribution in [0.3, 0.4) is 0 Å². The summed E-state index contributed by atoms with van der Waals surface area (Å²) in [6.07, 6.45) is 3.03. The molecular weight excluding hydrogens is 252 g/mol. The van der Waals surface area contributed by atoms with Gasteiger partial charge in [0.25, 0.3) is 0 Å². The minimum Gasteiger partial charge on any atom is -0.324 e. The number of hydrogen-bond donors (Lipinski definition) is 1. The number of unbranched alkanes of at least 4 members (excludes halogenated alkanes) is 1. The molecule has 0 bridgehead atoms. The van der Waals surface area contributed by atoms with Crippen molar-refractivity contribution in [1.29, 1.82) is 0 Å². The number of hydrogen-bond acceptors (Lipinski definition) is 1. The molecule has 1 rings (SSSR count). The van der Waals surface area contributed by atoms with E-state index < -0.39 is 0 Å². The van der Waals surface area contributed by atoms with Gasteiger partial charge in [0, 0.05) is 16.6 Å². The third-order valence-electron chi connectivity index (χ3n) is 2.32. The van der Waals surface area contributed by atoms with E-state index >= 15 is 0 Å². The largest absolute Gasteiger partial charge is 0.324 e. The quantitative estimate of drug-likeness (QED) is 0.776. The smallest absolute Gasteiger partial charge is 0.0654 e. The first-order chi connectivity index (χ1) is 7.07.